The number of rotatable bonds is 5. The molecule has 0 aliphatic carbocycles. The molecule has 108 valence electrons. The van der Waals surface area contributed by atoms with Gasteiger partial charge in [0.1, 0.15) is 0 Å². The number of nitrogens with one attached hydrogen (secondary N) is 1. The molecule has 1 rings (SSSR count). The fourth-order valence-corrected chi connectivity index (χ4v) is 1.81. The number of nitro benzene ring substituents is 1. The number of nitro groups is 1. The Hall–Kier alpha value is -2.44. The molecule has 1 aromatic rings. The lowest BCUT2D eigenvalue weighted by Crippen LogP contribution is -2.45. The van der Waals surface area contributed by atoms with E-state index in [1.165, 1.54) is 18.2 Å². The molecule has 0 spiro atoms. The van der Waals surface area contributed by atoms with Gasteiger partial charge in [0.15, 0.2) is 0 Å². The standard InChI is InChI=1S/C13H16N2O5/c1-8-6-9(15(19)20)4-5-10(8)12(18)14-13(2,3)7-11(16)17/h4-6H,7H2,1-3H3,(H,14,18)(H,16,17). The molecule has 0 aliphatic heterocycles. The van der Waals surface area contributed by atoms with Gasteiger partial charge >= 0.3 is 5.97 Å². The molecule has 1 aromatic carbocycles. The van der Waals surface area contributed by atoms with Gasteiger partial charge in [0.25, 0.3) is 11.6 Å². The van der Waals surface area contributed by atoms with Gasteiger partial charge in [-0.1, -0.05) is 0 Å². The van der Waals surface area contributed by atoms with Crippen LogP contribution in [0.15, 0.2) is 18.2 Å². The highest BCUT2D eigenvalue weighted by molar-refractivity contribution is 5.96. The lowest BCUT2D eigenvalue weighted by molar-refractivity contribution is -0.384. The maximum absolute atomic E-state index is 12.1. The van der Waals surface area contributed by atoms with Crippen molar-refractivity contribution in [1.29, 1.82) is 0 Å². The van der Waals surface area contributed by atoms with Crippen molar-refractivity contribution < 1.29 is 19.6 Å². The van der Waals surface area contributed by atoms with Gasteiger partial charge in [-0.2, -0.15) is 0 Å². The summed E-state index contributed by atoms with van der Waals surface area (Å²) in [4.78, 5) is 32.8. The van der Waals surface area contributed by atoms with Crippen LogP contribution in [-0.2, 0) is 4.79 Å². The molecule has 0 radical (unpaired) electrons. The second-order valence-corrected chi connectivity index (χ2v) is 5.16. The fourth-order valence-electron chi connectivity index (χ4n) is 1.81. The molecular weight excluding hydrogens is 264 g/mol. The maximum Gasteiger partial charge on any atom is 0.305 e. The Morgan fingerprint density at radius 2 is 2.00 bits per heavy atom. The van der Waals surface area contributed by atoms with E-state index in [0.29, 0.717) is 5.56 Å². The summed E-state index contributed by atoms with van der Waals surface area (Å²) in [6, 6.07) is 3.91. The summed E-state index contributed by atoms with van der Waals surface area (Å²) >= 11 is 0. The zero-order valence-corrected chi connectivity index (χ0v) is 11.5. The molecule has 0 unspecified atom stereocenters. The molecule has 0 fully saturated rings. The predicted molar refractivity (Wildman–Crippen MR) is 71.6 cm³/mol. The lowest BCUT2D eigenvalue weighted by Gasteiger charge is -2.24. The Morgan fingerprint density at radius 3 is 2.45 bits per heavy atom. The summed E-state index contributed by atoms with van der Waals surface area (Å²) in [5.74, 6) is -1.47. The van der Waals surface area contributed by atoms with Gasteiger partial charge < -0.3 is 10.4 Å². The van der Waals surface area contributed by atoms with E-state index in [4.69, 9.17) is 5.11 Å². The topological polar surface area (TPSA) is 110 Å². The molecular formula is C13H16N2O5. The number of hydrogen-bond donors (Lipinski definition) is 2. The first-order chi connectivity index (χ1) is 9.12. The Labute approximate surface area is 115 Å². The first-order valence-corrected chi connectivity index (χ1v) is 5.92. The number of carboxylic acids is 1. The quantitative estimate of drug-likeness (QED) is 0.632. The molecule has 0 saturated carbocycles. The number of nitrogens with zero attached hydrogens (tertiary/aromatic N) is 1. The molecule has 7 heteroatoms. The Kier molecular flexibility index (Phi) is 4.44. The van der Waals surface area contributed by atoms with Gasteiger partial charge in [0.2, 0.25) is 0 Å². The van der Waals surface area contributed by atoms with Crippen LogP contribution in [0.25, 0.3) is 0 Å². The zero-order valence-electron chi connectivity index (χ0n) is 11.5. The first-order valence-electron chi connectivity index (χ1n) is 5.92. The predicted octanol–water partition coefficient (Wildman–Crippen LogP) is 1.89. The van der Waals surface area contributed by atoms with Crippen molar-refractivity contribution in [2.45, 2.75) is 32.7 Å². The van der Waals surface area contributed by atoms with E-state index < -0.39 is 22.3 Å². The van der Waals surface area contributed by atoms with E-state index >= 15 is 0 Å². The SMILES string of the molecule is Cc1cc([N+](=O)[O-])ccc1C(=O)NC(C)(C)CC(=O)O. The molecule has 0 atom stereocenters. The van der Waals surface area contributed by atoms with Gasteiger partial charge in [0.05, 0.1) is 11.3 Å². The minimum atomic E-state index is -1.02. The van der Waals surface area contributed by atoms with Gasteiger partial charge in [-0.3, -0.25) is 19.7 Å². The molecule has 20 heavy (non-hydrogen) atoms. The number of carboxylic acid groups (broad SMARTS) is 1. The lowest BCUT2D eigenvalue weighted by atomic mass is 9.99. The molecule has 0 aliphatic rings. The number of aryl methyl sites for hydroxylation is 1. The summed E-state index contributed by atoms with van der Waals surface area (Å²) in [6.45, 7) is 4.78. The number of hydrogen-bond acceptors (Lipinski definition) is 4. The molecule has 0 saturated heterocycles. The van der Waals surface area contributed by atoms with Crippen molar-refractivity contribution in [3.63, 3.8) is 0 Å². The highest BCUT2D eigenvalue weighted by atomic mass is 16.6. The Morgan fingerprint density at radius 1 is 1.40 bits per heavy atom. The second kappa shape index (κ2) is 5.68. The summed E-state index contributed by atoms with van der Waals surface area (Å²) in [5.41, 5.74) is -0.252. The van der Waals surface area contributed by atoms with Gasteiger partial charge in [-0.25, -0.2) is 0 Å². The first kappa shape index (κ1) is 15.6. The number of amides is 1. The van der Waals surface area contributed by atoms with Crippen LogP contribution in [0.4, 0.5) is 5.69 Å². The third kappa shape index (κ3) is 4.04. The fraction of sp³-hybridized carbons (Fsp3) is 0.385. The van der Waals surface area contributed by atoms with E-state index in [9.17, 15) is 19.7 Å². The minimum Gasteiger partial charge on any atom is -0.481 e. The summed E-state index contributed by atoms with van der Waals surface area (Å²) < 4.78 is 0. The van der Waals surface area contributed by atoms with Crippen molar-refractivity contribution in [1.82, 2.24) is 5.32 Å². The average Bonchev–Trinajstić information content (AvgIpc) is 2.25. The molecule has 2 N–H and O–H groups in total. The largest absolute Gasteiger partial charge is 0.481 e. The van der Waals surface area contributed by atoms with Crippen molar-refractivity contribution >= 4 is 17.6 Å². The third-order valence-corrected chi connectivity index (χ3v) is 2.71. The number of benzene rings is 1. The highest BCUT2D eigenvalue weighted by Crippen LogP contribution is 2.18. The van der Waals surface area contributed by atoms with E-state index in [1.54, 1.807) is 20.8 Å². The monoisotopic (exact) mass is 280 g/mol. The van der Waals surface area contributed by atoms with Gasteiger partial charge in [-0.15, -0.1) is 0 Å². The van der Waals surface area contributed by atoms with Gasteiger partial charge in [-0.05, 0) is 32.4 Å². The molecule has 0 aromatic heterocycles. The van der Waals surface area contributed by atoms with Crippen LogP contribution in [0.1, 0.15) is 36.2 Å². The highest BCUT2D eigenvalue weighted by Gasteiger charge is 2.25. The third-order valence-electron chi connectivity index (χ3n) is 2.71. The Bertz CT molecular complexity index is 566. The summed E-state index contributed by atoms with van der Waals surface area (Å²) in [7, 11) is 0. The summed E-state index contributed by atoms with van der Waals surface area (Å²) in [6.07, 6.45) is -0.217. The van der Waals surface area contributed by atoms with Crippen LogP contribution in [-0.4, -0.2) is 27.4 Å². The average molecular weight is 280 g/mol. The van der Waals surface area contributed by atoms with E-state index in [0.717, 1.165) is 0 Å². The molecule has 0 bridgehead atoms. The Balaban J connectivity index is 2.93. The number of aliphatic carboxylic acids is 1. The smallest absolute Gasteiger partial charge is 0.305 e. The van der Waals surface area contributed by atoms with Gasteiger partial charge in [0, 0.05) is 23.2 Å². The molecule has 1 amide bonds. The zero-order chi connectivity index (χ0) is 15.5. The van der Waals surface area contributed by atoms with Crippen LogP contribution in [0.2, 0.25) is 0 Å². The number of non-ortho nitro benzene ring substituents is 1. The number of carbonyl (C=O) groups is 2. The van der Waals surface area contributed by atoms with Crippen LogP contribution < -0.4 is 5.32 Å². The van der Waals surface area contributed by atoms with Crippen molar-refractivity contribution in [3.05, 3.63) is 39.4 Å². The van der Waals surface area contributed by atoms with Crippen LogP contribution in [0.3, 0.4) is 0 Å². The van der Waals surface area contributed by atoms with Crippen LogP contribution in [0.5, 0.6) is 0 Å². The maximum atomic E-state index is 12.1. The molecule has 7 nitrogen and oxygen atoms in total. The second-order valence-electron chi connectivity index (χ2n) is 5.16. The minimum absolute atomic E-state index is 0.0937. The van der Waals surface area contributed by atoms with Crippen LogP contribution in [0, 0.1) is 17.0 Å². The number of carbonyl (C=O) groups excluding carboxylic acids is 1. The van der Waals surface area contributed by atoms with Crippen LogP contribution >= 0.6 is 0 Å². The molecule has 0 heterocycles. The normalized spacial score (nSPS) is 10.9. The van der Waals surface area contributed by atoms with Crippen molar-refractivity contribution in [2.24, 2.45) is 0 Å². The van der Waals surface area contributed by atoms with E-state index in [2.05, 4.69) is 5.32 Å². The summed E-state index contributed by atoms with van der Waals surface area (Å²) in [5, 5.41) is 22.0. The van der Waals surface area contributed by atoms with Crippen molar-refractivity contribution in [2.75, 3.05) is 0 Å². The van der Waals surface area contributed by atoms with Crippen molar-refractivity contribution in [3.8, 4) is 0 Å². The van der Waals surface area contributed by atoms with E-state index in [-0.39, 0.29) is 17.7 Å². The van der Waals surface area contributed by atoms with E-state index in [1.807, 2.05) is 0 Å².